The van der Waals surface area contributed by atoms with Crippen molar-refractivity contribution in [1.29, 1.82) is 5.41 Å². The first-order valence-corrected chi connectivity index (χ1v) is 5.84. The van der Waals surface area contributed by atoms with Crippen LogP contribution in [0.15, 0.2) is 0 Å². The van der Waals surface area contributed by atoms with Crippen LogP contribution in [-0.2, 0) is 0 Å². The number of nitrogens with zero attached hydrogens (tertiary/aromatic N) is 1. The predicted octanol–water partition coefficient (Wildman–Crippen LogP) is 0.795. The van der Waals surface area contributed by atoms with Gasteiger partial charge in [-0.3, -0.25) is 10.3 Å². The van der Waals surface area contributed by atoms with Gasteiger partial charge in [0.15, 0.2) is 0 Å². The molecule has 2 unspecified atom stereocenters. The topological polar surface area (TPSA) is 73.3 Å². The summed E-state index contributed by atoms with van der Waals surface area (Å²) in [5.41, 5.74) is 5.48. The standard InChI is InChI=1S/C11H23N3O/c1-9(11(12)13)8-14-6-3-2-4-10(14)5-7-15/h9-10,15H,2-8H2,1H3,(H3,12,13). The molecule has 0 radical (unpaired) electrons. The van der Waals surface area contributed by atoms with Crippen LogP contribution in [0.3, 0.4) is 0 Å². The molecule has 2 atom stereocenters. The van der Waals surface area contributed by atoms with Crippen LogP contribution in [0.5, 0.6) is 0 Å². The minimum atomic E-state index is 0.129. The number of likely N-dealkylation sites (tertiary alicyclic amines) is 1. The number of hydrogen-bond acceptors (Lipinski definition) is 3. The van der Waals surface area contributed by atoms with Gasteiger partial charge in [-0.05, 0) is 25.8 Å². The highest BCUT2D eigenvalue weighted by atomic mass is 16.3. The van der Waals surface area contributed by atoms with Gasteiger partial charge in [-0.1, -0.05) is 13.3 Å². The lowest BCUT2D eigenvalue weighted by Crippen LogP contribution is -2.44. The summed E-state index contributed by atoms with van der Waals surface area (Å²) in [6, 6.07) is 0.491. The summed E-state index contributed by atoms with van der Waals surface area (Å²) >= 11 is 0. The lowest BCUT2D eigenvalue weighted by atomic mass is 9.98. The Labute approximate surface area is 92.0 Å². The maximum absolute atomic E-state index is 8.99. The quantitative estimate of drug-likeness (QED) is 0.467. The van der Waals surface area contributed by atoms with Crippen molar-refractivity contribution in [2.45, 2.75) is 38.6 Å². The molecule has 4 N–H and O–H groups in total. The number of aliphatic hydroxyl groups is 1. The average Bonchev–Trinajstić information content (AvgIpc) is 2.21. The largest absolute Gasteiger partial charge is 0.396 e. The van der Waals surface area contributed by atoms with Crippen molar-refractivity contribution >= 4 is 5.84 Å². The van der Waals surface area contributed by atoms with Crippen LogP contribution in [-0.4, -0.2) is 41.6 Å². The zero-order valence-corrected chi connectivity index (χ0v) is 9.58. The first-order valence-electron chi connectivity index (χ1n) is 5.84. The fourth-order valence-corrected chi connectivity index (χ4v) is 2.23. The van der Waals surface area contributed by atoms with Crippen molar-refractivity contribution in [3.05, 3.63) is 0 Å². The molecule has 0 spiro atoms. The summed E-state index contributed by atoms with van der Waals surface area (Å²) in [6.07, 6.45) is 4.51. The van der Waals surface area contributed by atoms with E-state index in [1.165, 1.54) is 19.3 Å². The summed E-state index contributed by atoms with van der Waals surface area (Å²) in [7, 11) is 0. The van der Waals surface area contributed by atoms with Gasteiger partial charge in [0.2, 0.25) is 0 Å². The van der Waals surface area contributed by atoms with Crippen LogP contribution < -0.4 is 5.73 Å². The van der Waals surface area contributed by atoms with E-state index in [4.69, 9.17) is 16.2 Å². The Morgan fingerprint density at radius 1 is 1.60 bits per heavy atom. The third-order valence-electron chi connectivity index (χ3n) is 3.25. The highest BCUT2D eigenvalue weighted by Crippen LogP contribution is 2.20. The molecule has 0 aliphatic carbocycles. The number of nitrogens with one attached hydrogen (secondary N) is 1. The monoisotopic (exact) mass is 213 g/mol. The number of aliphatic hydroxyl groups excluding tert-OH is 1. The SMILES string of the molecule is CC(CN1CCCCC1CCO)C(=N)N. The molecule has 0 saturated carbocycles. The Hall–Kier alpha value is -0.610. The molecule has 15 heavy (non-hydrogen) atoms. The van der Waals surface area contributed by atoms with Gasteiger partial charge < -0.3 is 10.8 Å². The van der Waals surface area contributed by atoms with E-state index in [9.17, 15) is 0 Å². The first kappa shape index (κ1) is 12.5. The van der Waals surface area contributed by atoms with E-state index in [2.05, 4.69) is 4.90 Å². The molecule has 0 aromatic carbocycles. The maximum Gasteiger partial charge on any atom is 0.0947 e. The molecule has 4 heteroatoms. The van der Waals surface area contributed by atoms with Gasteiger partial charge in [0.1, 0.15) is 0 Å². The molecule has 1 aliphatic rings. The summed E-state index contributed by atoms with van der Waals surface area (Å²) in [4.78, 5) is 2.38. The Morgan fingerprint density at radius 2 is 2.33 bits per heavy atom. The van der Waals surface area contributed by atoms with Crippen molar-refractivity contribution in [2.24, 2.45) is 11.7 Å². The van der Waals surface area contributed by atoms with Crippen LogP contribution in [0.4, 0.5) is 0 Å². The normalized spacial score (nSPS) is 25.1. The van der Waals surface area contributed by atoms with Crippen molar-refractivity contribution < 1.29 is 5.11 Å². The van der Waals surface area contributed by atoms with Crippen molar-refractivity contribution in [3.8, 4) is 0 Å². The highest BCUT2D eigenvalue weighted by molar-refractivity contribution is 5.79. The summed E-state index contributed by atoms with van der Waals surface area (Å²) in [5.74, 6) is 0.396. The summed E-state index contributed by atoms with van der Waals surface area (Å²) in [6.45, 7) is 4.20. The Morgan fingerprint density at radius 3 is 2.93 bits per heavy atom. The molecule has 88 valence electrons. The second-order valence-corrected chi connectivity index (χ2v) is 4.51. The van der Waals surface area contributed by atoms with Crippen LogP contribution in [0.25, 0.3) is 0 Å². The lowest BCUT2D eigenvalue weighted by Gasteiger charge is -2.36. The smallest absolute Gasteiger partial charge is 0.0947 e. The van der Waals surface area contributed by atoms with E-state index in [1.54, 1.807) is 0 Å². The first-order chi connectivity index (χ1) is 7.15. The summed E-state index contributed by atoms with van der Waals surface area (Å²) in [5, 5.41) is 16.4. The molecule has 1 aliphatic heterocycles. The maximum atomic E-state index is 8.99. The number of amidine groups is 1. The molecule has 1 saturated heterocycles. The molecular formula is C11H23N3O. The Kier molecular flexibility index (Phi) is 5.05. The van der Waals surface area contributed by atoms with Crippen LogP contribution in [0.1, 0.15) is 32.6 Å². The van der Waals surface area contributed by atoms with Gasteiger partial charge in [0.25, 0.3) is 0 Å². The lowest BCUT2D eigenvalue weighted by molar-refractivity contribution is 0.112. The van der Waals surface area contributed by atoms with Gasteiger partial charge in [0, 0.05) is 25.1 Å². The average molecular weight is 213 g/mol. The minimum absolute atomic E-state index is 0.129. The second-order valence-electron chi connectivity index (χ2n) is 4.51. The third kappa shape index (κ3) is 3.80. The van der Waals surface area contributed by atoms with Crippen molar-refractivity contribution in [1.82, 2.24) is 4.90 Å². The van der Waals surface area contributed by atoms with E-state index >= 15 is 0 Å². The minimum Gasteiger partial charge on any atom is -0.396 e. The van der Waals surface area contributed by atoms with Gasteiger partial charge in [0.05, 0.1) is 5.84 Å². The molecule has 0 aromatic heterocycles. The van der Waals surface area contributed by atoms with E-state index in [0.29, 0.717) is 6.04 Å². The second kappa shape index (κ2) is 6.08. The van der Waals surface area contributed by atoms with Crippen molar-refractivity contribution in [2.75, 3.05) is 19.7 Å². The molecule has 1 fully saturated rings. The highest BCUT2D eigenvalue weighted by Gasteiger charge is 2.23. The zero-order chi connectivity index (χ0) is 11.3. The molecule has 0 amide bonds. The number of nitrogens with two attached hydrogens (primary N) is 1. The fourth-order valence-electron chi connectivity index (χ4n) is 2.23. The third-order valence-corrected chi connectivity index (χ3v) is 3.25. The number of piperidine rings is 1. The number of hydrogen-bond donors (Lipinski definition) is 3. The number of rotatable bonds is 5. The fraction of sp³-hybridized carbons (Fsp3) is 0.909. The van der Waals surface area contributed by atoms with Gasteiger partial charge in [-0.15, -0.1) is 0 Å². The molecule has 0 bridgehead atoms. The summed E-state index contributed by atoms with van der Waals surface area (Å²) < 4.78 is 0. The Balaban J connectivity index is 2.45. The Bertz CT molecular complexity index is 206. The zero-order valence-electron chi connectivity index (χ0n) is 9.58. The van der Waals surface area contributed by atoms with Gasteiger partial charge in [-0.25, -0.2) is 0 Å². The molecule has 0 aromatic rings. The van der Waals surface area contributed by atoms with E-state index in [0.717, 1.165) is 19.5 Å². The predicted molar refractivity (Wildman–Crippen MR) is 62.0 cm³/mol. The van der Waals surface area contributed by atoms with Crippen LogP contribution in [0, 0.1) is 11.3 Å². The molecule has 1 rings (SSSR count). The molecule has 1 heterocycles. The van der Waals surface area contributed by atoms with Gasteiger partial charge >= 0.3 is 0 Å². The van der Waals surface area contributed by atoms with Gasteiger partial charge in [-0.2, -0.15) is 0 Å². The van der Waals surface area contributed by atoms with E-state index in [1.807, 2.05) is 6.92 Å². The van der Waals surface area contributed by atoms with Crippen molar-refractivity contribution in [3.63, 3.8) is 0 Å². The van der Waals surface area contributed by atoms with Crippen LogP contribution >= 0.6 is 0 Å². The van der Waals surface area contributed by atoms with E-state index < -0.39 is 0 Å². The molecule has 4 nitrogen and oxygen atoms in total. The molecular weight excluding hydrogens is 190 g/mol. The van der Waals surface area contributed by atoms with Crippen LogP contribution in [0.2, 0.25) is 0 Å². The van der Waals surface area contributed by atoms with E-state index in [-0.39, 0.29) is 18.4 Å².